The van der Waals surface area contributed by atoms with Crippen LogP contribution in [0.25, 0.3) is 0 Å². The molecule has 1 aliphatic heterocycles. The molecule has 4 nitrogen and oxygen atoms in total. The zero-order valence-electron chi connectivity index (χ0n) is 12.3. The van der Waals surface area contributed by atoms with Gasteiger partial charge in [-0.3, -0.25) is 4.79 Å². The predicted molar refractivity (Wildman–Crippen MR) is 74.7 cm³/mol. The highest BCUT2D eigenvalue weighted by atomic mass is 19.2. The maximum atomic E-state index is 13.2. The average molecular weight is 298 g/mol. The lowest BCUT2D eigenvalue weighted by atomic mass is 9.90. The second-order valence-electron chi connectivity index (χ2n) is 5.36. The SMILES string of the molecule is COC1(C(=O)N(C)Cc2ccc(F)c(F)c2)CCNCC1. The Morgan fingerprint density at radius 1 is 1.33 bits per heavy atom. The molecule has 1 saturated heterocycles. The van der Waals surface area contributed by atoms with Gasteiger partial charge in [-0.2, -0.15) is 0 Å². The van der Waals surface area contributed by atoms with Crippen molar-refractivity contribution in [3.63, 3.8) is 0 Å². The fourth-order valence-corrected chi connectivity index (χ4v) is 2.67. The van der Waals surface area contributed by atoms with Crippen LogP contribution in [-0.4, -0.2) is 43.7 Å². The lowest BCUT2D eigenvalue weighted by Gasteiger charge is -2.37. The predicted octanol–water partition coefficient (Wildman–Crippen LogP) is 1.69. The Balaban J connectivity index is 2.09. The Morgan fingerprint density at radius 2 is 2.00 bits per heavy atom. The van der Waals surface area contributed by atoms with Crippen molar-refractivity contribution in [2.24, 2.45) is 0 Å². The van der Waals surface area contributed by atoms with Crippen LogP contribution in [-0.2, 0) is 16.1 Å². The van der Waals surface area contributed by atoms with E-state index in [1.54, 1.807) is 7.05 Å². The summed E-state index contributed by atoms with van der Waals surface area (Å²) in [5.74, 6) is -1.92. The van der Waals surface area contributed by atoms with Gasteiger partial charge in [0.15, 0.2) is 11.6 Å². The summed E-state index contributed by atoms with van der Waals surface area (Å²) in [5.41, 5.74) is -0.275. The first-order valence-electron chi connectivity index (χ1n) is 6.94. The molecule has 1 fully saturated rings. The number of piperidine rings is 1. The first-order chi connectivity index (χ1) is 9.98. The van der Waals surface area contributed by atoms with E-state index >= 15 is 0 Å². The summed E-state index contributed by atoms with van der Waals surface area (Å²) < 4.78 is 31.6. The van der Waals surface area contributed by atoms with Gasteiger partial charge in [0.1, 0.15) is 5.60 Å². The standard InChI is InChI=1S/C15H20F2N2O2/c1-19(10-11-3-4-12(16)13(17)9-11)14(20)15(21-2)5-7-18-8-6-15/h3-4,9,18H,5-8,10H2,1-2H3. The molecule has 1 N–H and O–H groups in total. The minimum atomic E-state index is -0.906. The van der Waals surface area contributed by atoms with Crippen LogP contribution < -0.4 is 5.32 Å². The molecule has 1 aliphatic rings. The molecule has 0 aliphatic carbocycles. The zero-order chi connectivity index (χ0) is 15.5. The number of nitrogens with zero attached hydrogens (tertiary/aromatic N) is 1. The quantitative estimate of drug-likeness (QED) is 0.920. The largest absolute Gasteiger partial charge is 0.368 e. The molecule has 0 bridgehead atoms. The number of amides is 1. The molecule has 1 aromatic rings. The van der Waals surface area contributed by atoms with E-state index in [1.165, 1.54) is 18.1 Å². The van der Waals surface area contributed by atoms with Crippen LogP contribution in [0.15, 0.2) is 18.2 Å². The lowest BCUT2D eigenvalue weighted by molar-refractivity contribution is -0.157. The van der Waals surface area contributed by atoms with Gasteiger partial charge in [-0.05, 0) is 43.6 Å². The summed E-state index contributed by atoms with van der Waals surface area (Å²) in [7, 11) is 3.18. The van der Waals surface area contributed by atoms with E-state index in [-0.39, 0.29) is 12.5 Å². The summed E-state index contributed by atoms with van der Waals surface area (Å²) in [6.07, 6.45) is 1.20. The molecule has 0 aromatic heterocycles. The minimum absolute atomic E-state index is 0.128. The molecule has 2 rings (SSSR count). The highest BCUT2D eigenvalue weighted by molar-refractivity contribution is 5.85. The smallest absolute Gasteiger partial charge is 0.254 e. The minimum Gasteiger partial charge on any atom is -0.368 e. The summed E-state index contributed by atoms with van der Waals surface area (Å²) in [6.45, 7) is 1.66. The molecule has 1 heterocycles. The number of benzene rings is 1. The van der Waals surface area contributed by atoms with Gasteiger partial charge < -0.3 is 15.0 Å². The van der Waals surface area contributed by atoms with Gasteiger partial charge in [-0.1, -0.05) is 6.07 Å². The maximum Gasteiger partial charge on any atom is 0.254 e. The van der Waals surface area contributed by atoms with E-state index in [4.69, 9.17) is 4.74 Å². The van der Waals surface area contributed by atoms with E-state index in [9.17, 15) is 13.6 Å². The fraction of sp³-hybridized carbons (Fsp3) is 0.533. The molecule has 6 heteroatoms. The maximum absolute atomic E-state index is 13.2. The molecule has 1 aromatic carbocycles. The van der Waals surface area contributed by atoms with E-state index in [0.717, 1.165) is 25.2 Å². The van der Waals surface area contributed by atoms with Crippen molar-refractivity contribution in [3.05, 3.63) is 35.4 Å². The highest BCUT2D eigenvalue weighted by Gasteiger charge is 2.41. The number of hydrogen-bond donors (Lipinski definition) is 1. The average Bonchev–Trinajstić information content (AvgIpc) is 2.50. The number of rotatable bonds is 4. The highest BCUT2D eigenvalue weighted by Crippen LogP contribution is 2.25. The van der Waals surface area contributed by atoms with E-state index in [0.29, 0.717) is 18.4 Å². The Morgan fingerprint density at radius 3 is 2.57 bits per heavy atom. The van der Waals surface area contributed by atoms with Crippen LogP contribution in [0.3, 0.4) is 0 Å². The number of ether oxygens (including phenoxy) is 1. The molecule has 0 unspecified atom stereocenters. The first-order valence-corrected chi connectivity index (χ1v) is 6.94. The summed E-state index contributed by atoms with van der Waals surface area (Å²) in [4.78, 5) is 14.1. The molecular formula is C15H20F2N2O2. The summed E-state index contributed by atoms with van der Waals surface area (Å²) in [5, 5.41) is 3.19. The number of likely N-dealkylation sites (N-methyl/N-ethyl adjacent to an activating group) is 1. The molecule has 1 amide bonds. The van der Waals surface area contributed by atoms with E-state index in [1.807, 2.05) is 0 Å². The zero-order valence-corrected chi connectivity index (χ0v) is 12.3. The first kappa shape index (κ1) is 15.9. The number of carbonyl (C=O) groups excluding carboxylic acids is 1. The number of halogens is 2. The van der Waals surface area contributed by atoms with Crippen LogP contribution >= 0.6 is 0 Å². The van der Waals surface area contributed by atoms with Gasteiger partial charge in [-0.15, -0.1) is 0 Å². The Kier molecular flexibility index (Phi) is 4.90. The fourth-order valence-electron chi connectivity index (χ4n) is 2.67. The third kappa shape index (κ3) is 3.39. The van der Waals surface area contributed by atoms with Gasteiger partial charge in [-0.25, -0.2) is 8.78 Å². The van der Waals surface area contributed by atoms with Gasteiger partial charge in [0, 0.05) is 20.7 Å². The molecule has 21 heavy (non-hydrogen) atoms. The second-order valence-corrected chi connectivity index (χ2v) is 5.36. The number of nitrogens with one attached hydrogen (secondary N) is 1. The van der Waals surface area contributed by atoms with Crippen LogP contribution in [0.4, 0.5) is 8.78 Å². The third-order valence-corrected chi connectivity index (χ3v) is 3.94. The number of carbonyl (C=O) groups is 1. The number of methoxy groups -OCH3 is 1. The van der Waals surface area contributed by atoms with Gasteiger partial charge in [0.2, 0.25) is 0 Å². The topological polar surface area (TPSA) is 41.6 Å². The van der Waals surface area contributed by atoms with Crippen molar-refractivity contribution in [1.82, 2.24) is 10.2 Å². The number of hydrogen-bond acceptors (Lipinski definition) is 3. The van der Waals surface area contributed by atoms with Crippen LogP contribution in [0, 0.1) is 11.6 Å². The lowest BCUT2D eigenvalue weighted by Crippen LogP contribution is -2.54. The second kappa shape index (κ2) is 6.49. The third-order valence-electron chi connectivity index (χ3n) is 3.94. The van der Waals surface area contributed by atoms with Crippen molar-refractivity contribution in [1.29, 1.82) is 0 Å². The van der Waals surface area contributed by atoms with Gasteiger partial charge >= 0.3 is 0 Å². The van der Waals surface area contributed by atoms with Crippen LogP contribution in [0.2, 0.25) is 0 Å². The molecule has 0 spiro atoms. The van der Waals surface area contributed by atoms with E-state index in [2.05, 4.69) is 5.32 Å². The normalized spacial score (nSPS) is 17.5. The molecule has 0 radical (unpaired) electrons. The monoisotopic (exact) mass is 298 g/mol. The van der Waals surface area contributed by atoms with Crippen LogP contribution in [0.5, 0.6) is 0 Å². The summed E-state index contributed by atoms with van der Waals surface area (Å²) in [6, 6.07) is 3.66. The Bertz CT molecular complexity index is 516. The van der Waals surface area contributed by atoms with E-state index < -0.39 is 17.2 Å². The van der Waals surface area contributed by atoms with Crippen molar-refractivity contribution in [2.45, 2.75) is 25.0 Å². The van der Waals surface area contributed by atoms with Gasteiger partial charge in [0.25, 0.3) is 5.91 Å². The van der Waals surface area contributed by atoms with Gasteiger partial charge in [0.05, 0.1) is 0 Å². The molecule has 0 saturated carbocycles. The van der Waals surface area contributed by atoms with Crippen molar-refractivity contribution < 1.29 is 18.3 Å². The molecule has 0 atom stereocenters. The van der Waals surface area contributed by atoms with Crippen molar-refractivity contribution in [3.8, 4) is 0 Å². The van der Waals surface area contributed by atoms with Crippen molar-refractivity contribution >= 4 is 5.91 Å². The summed E-state index contributed by atoms with van der Waals surface area (Å²) >= 11 is 0. The molecule has 116 valence electrons. The van der Waals surface area contributed by atoms with Crippen LogP contribution in [0.1, 0.15) is 18.4 Å². The van der Waals surface area contributed by atoms with Crippen molar-refractivity contribution in [2.75, 3.05) is 27.2 Å². The Labute approximate surface area is 123 Å². The molecular weight excluding hydrogens is 278 g/mol. The Hall–Kier alpha value is -1.53.